The lowest BCUT2D eigenvalue weighted by atomic mass is 10.00. The van der Waals surface area contributed by atoms with E-state index in [1.54, 1.807) is 0 Å². The van der Waals surface area contributed by atoms with Gasteiger partial charge in [-0.05, 0) is 37.7 Å². The fourth-order valence-corrected chi connectivity index (χ4v) is 2.23. The van der Waals surface area contributed by atoms with Crippen molar-refractivity contribution in [2.75, 3.05) is 0 Å². The van der Waals surface area contributed by atoms with E-state index in [1.807, 2.05) is 0 Å². The van der Waals surface area contributed by atoms with Crippen molar-refractivity contribution in [1.29, 1.82) is 0 Å². The molecule has 0 radical (unpaired) electrons. The lowest BCUT2D eigenvalue weighted by Gasteiger charge is -2.05. The minimum atomic E-state index is 1.02. The van der Waals surface area contributed by atoms with Crippen LogP contribution in [0.1, 0.15) is 97.8 Å². The van der Waals surface area contributed by atoms with Crippen molar-refractivity contribution in [3.8, 4) is 11.8 Å². The van der Waals surface area contributed by atoms with E-state index in [4.69, 9.17) is 0 Å². The predicted octanol–water partition coefficient (Wildman–Crippen LogP) is 7.21. The summed E-state index contributed by atoms with van der Waals surface area (Å²) in [6.07, 6.45) is 17.2. The third-order valence-electron chi connectivity index (χ3n) is 3.75. The van der Waals surface area contributed by atoms with Gasteiger partial charge in [0.1, 0.15) is 0 Å². The zero-order valence-electron chi connectivity index (χ0n) is 14.8. The Bertz CT molecular complexity index is 335. The van der Waals surface area contributed by atoms with Crippen LogP contribution in [-0.4, -0.2) is 0 Å². The number of hydrogen-bond donors (Lipinski definition) is 0. The molecule has 0 spiro atoms. The van der Waals surface area contributed by atoms with Gasteiger partial charge < -0.3 is 0 Å². The lowest BCUT2D eigenvalue weighted by Crippen LogP contribution is -1.88. The number of rotatable bonds is 12. The third-order valence-corrected chi connectivity index (χ3v) is 3.75. The van der Waals surface area contributed by atoms with Crippen LogP contribution in [0, 0.1) is 11.8 Å². The van der Waals surface area contributed by atoms with Gasteiger partial charge in [-0.15, -0.1) is 0 Å². The highest BCUT2D eigenvalue weighted by Gasteiger charge is 1.99. The molecular weight excluding hydrogens is 252 g/mol. The highest BCUT2D eigenvalue weighted by molar-refractivity contribution is 5.44. The quantitative estimate of drug-likeness (QED) is 0.202. The van der Waals surface area contributed by atoms with E-state index >= 15 is 0 Å². The molecule has 0 saturated heterocycles. The molecule has 0 fully saturated rings. The number of allylic oxidation sites excluding steroid dienone is 3. The Balaban J connectivity index is 4.33. The zero-order chi connectivity index (χ0) is 15.8. The van der Waals surface area contributed by atoms with Crippen molar-refractivity contribution in [1.82, 2.24) is 0 Å². The topological polar surface area (TPSA) is 0 Å². The second kappa shape index (κ2) is 15.4. The second-order valence-electron chi connectivity index (χ2n) is 5.93. The molecular formula is C21H36. The minimum absolute atomic E-state index is 1.02. The monoisotopic (exact) mass is 288 g/mol. The van der Waals surface area contributed by atoms with E-state index in [-0.39, 0.29) is 0 Å². The molecule has 0 aliphatic rings. The summed E-state index contributed by atoms with van der Waals surface area (Å²) in [5.74, 6) is 6.70. The summed E-state index contributed by atoms with van der Waals surface area (Å²) in [4.78, 5) is 0. The Morgan fingerprint density at radius 1 is 0.857 bits per heavy atom. The average molecular weight is 289 g/mol. The molecule has 0 aromatic heterocycles. The van der Waals surface area contributed by atoms with Crippen LogP contribution < -0.4 is 0 Å². The summed E-state index contributed by atoms with van der Waals surface area (Å²) in [6.45, 7) is 11.0. The van der Waals surface area contributed by atoms with Gasteiger partial charge in [-0.3, -0.25) is 0 Å². The van der Waals surface area contributed by atoms with E-state index in [0.717, 1.165) is 19.3 Å². The predicted molar refractivity (Wildman–Crippen MR) is 97.4 cm³/mol. The van der Waals surface area contributed by atoms with Gasteiger partial charge in [0.25, 0.3) is 0 Å². The summed E-state index contributed by atoms with van der Waals surface area (Å²) in [5.41, 5.74) is 2.46. The van der Waals surface area contributed by atoms with Crippen LogP contribution in [0.5, 0.6) is 0 Å². The summed E-state index contributed by atoms with van der Waals surface area (Å²) < 4.78 is 0. The van der Waals surface area contributed by atoms with Gasteiger partial charge in [-0.2, -0.15) is 0 Å². The van der Waals surface area contributed by atoms with Crippen LogP contribution in [0.3, 0.4) is 0 Å². The standard InChI is InChI=1S/C21H36/c1-5-8-11-13-14-16-19-21(18-15-12-9-6-2)20(4)17-10-7-3/h19H,4-14,16-17H2,1-3H3/b21-19+. The zero-order valence-corrected chi connectivity index (χ0v) is 14.8. The summed E-state index contributed by atoms with van der Waals surface area (Å²) in [5, 5.41) is 0. The maximum absolute atomic E-state index is 4.25. The van der Waals surface area contributed by atoms with Crippen molar-refractivity contribution in [2.24, 2.45) is 0 Å². The first-order valence-electron chi connectivity index (χ1n) is 9.13. The van der Waals surface area contributed by atoms with Gasteiger partial charge in [-0.25, -0.2) is 0 Å². The normalized spacial score (nSPS) is 11.1. The molecule has 0 aliphatic heterocycles. The highest BCUT2D eigenvalue weighted by atomic mass is 14.0. The lowest BCUT2D eigenvalue weighted by molar-refractivity contribution is 0.637. The fourth-order valence-electron chi connectivity index (χ4n) is 2.23. The van der Waals surface area contributed by atoms with Crippen molar-refractivity contribution >= 4 is 0 Å². The molecule has 0 aromatic carbocycles. The summed E-state index contributed by atoms with van der Waals surface area (Å²) >= 11 is 0. The average Bonchev–Trinajstić information content (AvgIpc) is 2.50. The Morgan fingerprint density at radius 2 is 1.52 bits per heavy atom. The molecule has 0 unspecified atom stereocenters. The highest BCUT2D eigenvalue weighted by Crippen LogP contribution is 2.17. The van der Waals surface area contributed by atoms with E-state index < -0.39 is 0 Å². The molecule has 0 heteroatoms. The molecule has 0 heterocycles. The van der Waals surface area contributed by atoms with E-state index in [2.05, 4.69) is 45.3 Å². The van der Waals surface area contributed by atoms with Crippen molar-refractivity contribution < 1.29 is 0 Å². The molecule has 120 valence electrons. The Kier molecular flexibility index (Phi) is 14.7. The molecule has 0 saturated carbocycles. The molecule has 0 N–H and O–H groups in total. The fraction of sp³-hybridized carbons (Fsp3) is 0.714. The molecule has 0 bridgehead atoms. The van der Waals surface area contributed by atoms with Crippen molar-refractivity contribution in [2.45, 2.75) is 97.8 Å². The summed E-state index contributed by atoms with van der Waals surface area (Å²) in [7, 11) is 0. The summed E-state index contributed by atoms with van der Waals surface area (Å²) in [6, 6.07) is 0. The molecule has 0 nitrogen and oxygen atoms in total. The molecule has 0 aromatic rings. The van der Waals surface area contributed by atoms with Gasteiger partial charge >= 0.3 is 0 Å². The SMILES string of the molecule is C=C(CCCC)/C(C#CCCCC)=C/CCCCCCC. The third kappa shape index (κ3) is 12.5. The Hall–Kier alpha value is -0.960. The first kappa shape index (κ1) is 20.0. The van der Waals surface area contributed by atoms with Crippen LogP contribution in [-0.2, 0) is 0 Å². The largest absolute Gasteiger partial charge is 0.0979 e. The van der Waals surface area contributed by atoms with E-state index in [9.17, 15) is 0 Å². The van der Waals surface area contributed by atoms with Gasteiger partial charge in [0.2, 0.25) is 0 Å². The smallest absolute Gasteiger partial charge is 0.0231 e. The number of hydrogen-bond acceptors (Lipinski definition) is 0. The molecule has 0 amide bonds. The maximum atomic E-state index is 4.25. The first-order chi connectivity index (χ1) is 10.3. The molecule has 21 heavy (non-hydrogen) atoms. The van der Waals surface area contributed by atoms with Crippen LogP contribution in [0.15, 0.2) is 23.8 Å². The first-order valence-corrected chi connectivity index (χ1v) is 9.13. The van der Waals surface area contributed by atoms with Gasteiger partial charge in [0, 0.05) is 12.0 Å². The van der Waals surface area contributed by atoms with E-state index in [1.165, 1.54) is 68.9 Å². The minimum Gasteiger partial charge on any atom is -0.0979 e. The van der Waals surface area contributed by atoms with Gasteiger partial charge in [-0.1, -0.05) is 83.8 Å². The molecule has 0 rings (SSSR count). The van der Waals surface area contributed by atoms with Crippen LogP contribution in [0.4, 0.5) is 0 Å². The molecule has 0 atom stereocenters. The van der Waals surface area contributed by atoms with Crippen LogP contribution in [0.25, 0.3) is 0 Å². The number of unbranched alkanes of at least 4 members (excludes halogenated alkanes) is 8. The van der Waals surface area contributed by atoms with Crippen LogP contribution >= 0.6 is 0 Å². The van der Waals surface area contributed by atoms with Gasteiger partial charge in [0.15, 0.2) is 0 Å². The van der Waals surface area contributed by atoms with E-state index in [0.29, 0.717) is 0 Å². The maximum Gasteiger partial charge on any atom is 0.0231 e. The molecule has 0 aliphatic carbocycles. The van der Waals surface area contributed by atoms with Crippen molar-refractivity contribution in [3.63, 3.8) is 0 Å². The Labute approximate surface area is 134 Å². The van der Waals surface area contributed by atoms with Crippen molar-refractivity contribution in [3.05, 3.63) is 23.8 Å². The van der Waals surface area contributed by atoms with Gasteiger partial charge in [0.05, 0.1) is 0 Å². The second-order valence-corrected chi connectivity index (χ2v) is 5.93. The van der Waals surface area contributed by atoms with Crippen LogP contribution in [0.2, 0.25) is 0 Å². The Morgan fingerprint density at radius 3 is 2.19 bits per heavy atom.